The summed E-state index contributed by atoms with van der Waals surface area (Å²) < 4.78 is 0. The molecule has 3 rings (SSSR count). The van der Waals surface area contributed by atoms with Crippen molar-refractivity contribution >= 4 is 22.4 Å². The number of carbonyl (C=O) groups excluding carboxylic acids is 1. The van der Waals surface area contributed by atoms with Crippen LogP contribution in [0.15, 0.2) is 60.7 Å². The largest absolute Gasteiger partial charge is 0.324 e. The summed E-state index contributed by atoms with van der Waals surface area (Å²) in [6, 6.07) is 20.6. The Morgan fingerprint density at radius 2 is 1.62 bits per heavy atom. The van der Waals surface area contributed by atoms with Crippen molar-refractivity contribution in [2.75, 3.05) is 5.32 Å². The van der Waals surface area contributed by atoms with Crippen molar-refractivity contribution in [3.8, 4) is 0 Å². The molecule has 0 aromatic heterocycles. The first kappa shape index (κ1) is 18.2. The molecule has 3 heteroatoms. The van der Waals surface area contributed by atoms with E-state index in [0.29, 0.717) is 0 Å². The average molecular weight is 346 g/mol. The molecular weight excluding hydrogens is 320 g/mol. The van der Waals surface area contributed by atoms with Gasteiger partial charge in [0.2, 0.25) is 5.91 Å². The second kappa shape index (κ2) is 7.71. The summed E-state index contributed by atoms with van der Waals surface area (Å²) in [5, 5.41) is 8.88. The van der Waals surface area contributed by atoms with Crippen LogP contribution in [0.3, 0.4) is 0 Å². The van der Waals surface area contributed by atoms with E-state index >= 15 is 0 Å². The maximum atomic E-state index is 12.6. The van der Waals surface area contributed by atoms with Gasteiger partial charge < -0.3 is 5.32 Å². The van der Waals surface area contributed by atoms with Gasteiger partial charge in [-0.1, -0.05) is 48.5 Å². The highest BCUT2D eigenvalue weighted by Crippen LogP contribution is 2.21. The minimum atomic E-state index is -0.295. The van der Waals surface area contributed by atoms with E-state index in [4.69, 9.17) is 0 Å². The van der Waals surface area contributed by atoms with Crippen molar-refractivity contribution in [3.05, 3.63) is 77.4 Å². The maximum Gasteiger partial charge on any atom is 0.241 e. The molecular formula is C23H26N2O. The van der Waals surface area contributed by atoms with Crippen LogP contribution in [0.2, 0.25) is 0 Å². The van der Waals surface area contributed by atoms with E-state index in [0.717, 1.165) is 16.8 Å². The molecule has 0 aliphatic rings. The van der Waals surface area contributed by atoms with Crippen LogP contribution in [-0.4, -0.2) is 11.9 Å². The number of benzene rings is 3. The summed E-state index contributed by atoms with van der Waals surface area (Å²) >= 11 is 0. The summed E-state index contributed by atoms with van der Waals surface area (Å²) in [5.74, 6) is -0.0219. The third-order valence-corrected chi connectivity index (χ3v) is 4.82. The van der Waals surface area contributed by atoms with Crippen LogP contribution in [0.25, 0.3) is 10.8 Å². The molecule has 0 bridgehead atoms. The molecule has 3 aromatic carbocycles. The van der Waals surface area contributed by atoms with Crippen molar-refractivity contribution in [2.24, 2.45) is 0 Å². The van der Waals surface area contributed by atoms with Crippen LogP contribution in [0.5, 0.6) is 0 Å². The summed E-state index contributed by atoms with van der Waals surface area (Å²) in [5.41, 5.74) is 4.26. The Labute approximate surface area is 155 Å². The lowest BCUT2D eigenvalue weighted by Crippen LogP contribution is -2.39. The Balaban J connectivity index is 1.68. The Hall–Kier alpha value is -2.65. The van der Waals surface area contributed by atoms with Gasteiger partial charge in [-0.15, -0.1) is 0 Å². The number of carbonyl (C=O) groups is 1. The van der Waals surface area contributed by atoms with Gasteiger partial charge in [-0.2, -0.15) is 0 Å². The van der Waals surface area contributed by atoms with Crippen molar-refractivity contribution in [3.63, 3.8) is 0 Å². The summed E-state index contributed by atoms with van der Waals surface area (Å²) in [6.45, 7) is 8.02. The molecule has 0 fully saturated rings. The van der Waals surface area contributed by atoms with Crippen molar-refractivity contribution in [1.29, 1.82) is 0 Å². The minimum Gasteiger partial charge on any atom is -0.324 e. The Morgan fingerprint density at radius 1 is 0.885 bits per heavy atom. The molecule has 0 saturated heterocycles. The number of aryl methyl sites for hydroxylation is 2. The standard InChI is InChI=1S/C23H26N2O/c1-15-9-10-16(2)22(13-15)25-23(26)18(4)24-17(3)20-12-11-19-7-5-6-8-21(19)14-20/h5-14,17-18,24H,1-4H3,(H,25,26)/t17-,18+/m1/s1. The fraction of sp³-hybridized carbons (Fsp3) is 0.261. The Morgan fingerprint density at radius 3 is 2.38 bits per heavy atom. The van der Waals surface area contributed by atoms with E-state index in [-0.39, 0.29) is 18.0 Å². The van der Waals surface area contributed by atoms with Gasteiger partial charge in [0.05, 0.1) is 6.04 Å². The van der Waals surface area contributed by atoms with Gasteiger partial charge in [-0.25, -0.2) is 0 Å². The lowest BCUT2D eigenvalue weighted by molar-refractivity contribution is -0.117. The molecule has 0 aliphatic carbocycles. The lowest BCUT2D eigenvalue weighted by atomic mass is 10.0. The zero-order valence-electron chi connectivity index (χ0n) is 15.8. The fourth-order valence-electron chi connectivity index (χ4n) is 3.14. The van der Waals surface area contributed by atoms with Crippen molar-refractivity contribution in [2.45, 2.75) is 39.8 Å². The van der Waals surface area contributed by atoms with Crippen LogP contribution in [0.1, 0.15) is 36.6 Å². The lowest BCUT2D eigenvalue weighted by Gasteiger charge is -2.21. The van der Waals surface area contributed by atoms with Crippen LogP contribution in [0, 0.1) is 13.8 Å². The maximum absolute atomic E-state index is 12.6. The molecule has 2 atom stereocenters. The minimum absolute atomic E-state index is 0.0219. The van der Waals surface area contributed by atoms with E-state index in [1.807, 2.05) is 45.0 Å². The average Bonchev–Trinajstić information content (AvgIpc) is 2.64. The smallest absolute Gasteiger partial charge is 0.241 e. The van der Waals surface area contributed by atoms with E-state index in [9.17, 15) is 4.79 Å². The van der Waals surface area contributed by atoms with Crippen LogP contribution < -0.4 is 10.6 Å². The first-order valence-corrected chi connectivity index (χ1v) is 9.07. The second-order valence-electron chi connectivity index (χ2n) is 7.02. The number of amides is 1. The monoisotopic (exact) mass is 346 g/mol. The molecule has 0 unspecified atom stereocenters. The first-order valence-electron chi connectivity index (χ1n) is 9.07. The molecule has 0 aliphatic heterocycles. The zero-order valence-corrected chi connectivity index (χ0v) is 15.8. The van der Waals surface area contributed by atoms with Crippen LogP contribution in [-0.2, 0) is 4.79 Å². The molecule has 0 radical (unpaired) electrons. The highest BCUT2D eigenvalue weighted by molar-refractivity contribution is 5.95. The number of hydrogen-bond donors (Lipinski definition) is 2. The Kier molecular flexibility index (Phi) is 5.38. The van der Waals surface area contributed by atoms with Gasteiger partial charge in [0.25, 0.3) is 0 Å². The quantitative estimate of drug-likeness (QED) is 0.672. The van der Waals surface area contributed by atoms with Crippen LogP contribution in [0.4, 0.5) is 5.69 Å². The predicted octanol–water partition coefficient (Wildman–Crippen LogP) is 5.13. The topological polar surface area (TPSA) is 41.1 Å². The van der Waals surface area contributed by atoms with E-state index in [1.54, 1.807) is 0 Å². The number of fused-ring (bicyclic) bond motifs is 1. The highest BCUT2D eigenvalue weighted by atomic mass is 16.2. The van der Waals surface area contributed by atoms with E-state index in [2.05, 4.69) is 54.0 Å². The van der Waals surface area contributed by atoms with Crippen LogP contribution >= 0.6 is 0 Å². The predicted molar refractivity (Wildman–Crippen MR) is 110 cm³/mol. The SMILES string of the molecule is Cc1ccc(C)c(NC(=O)[C@H](C)N[C@H](C)c2ccc3ccccc3c2)c1. The van der Waals surface area contributed by atoms with Gasteiger partial charge in [0.15, 0.2) is 0 Å². The third kappa shape index (κ3) is 4.12. The fourth-order valence-corrected chi connectivity index (χ4v) is 3.14. The van der Waals surface area contributed by atoms with Crippen molar-refractivity contribution < 1.29 is 4.79 Å². The first-order chi connectivity index (χ1) is 12.4. The van der Waals surface area contributed by atoms with Gasteiger partial charge >= 0.3 is 0 Å². The molecule has 0 heterocycles. The Bertz CT molecular complexity index is 932. The number of anilines is 1. The molecule has 3 aromatic rings. The molecule has 134 valence electrons. The highest BCUT2D eigenvalue weighted by Gasteiger charge is 2.17. The number of hydrogen-bond acceptors (Lipinski definition) is 2. The second-order valence-corrected chi connectivity index (χ2v) is 7.02. The molecule has 2 N–H and O–H groups in total. The van der Waals surface area contributed by atoms with Gasteiger partial charge in [0, 0.05) is 11.7 Å². The molecule has 26 heavy (non-hydrogen) atoms. The van der Waals surface area contributed by atoms with Gasteiger partial charge in [-0.3, -0.25) is 10.1 Å². The summed E-state index contributed by atoms with van der Waals surface area (Å²) in [6.07, 6.45) is 0. The zero-order chi connectivity index (χ0) is 18.7. The third-order valence-electron chi connectivity index (χ3n) is 4.82. The number of nitrogens with one attached hydrogen (secondary N) is 2. The van der Waals surface area contributed by atoms with Gasteiger partial charge in [-0.05, 0) is 67.3 Å². The van der Waals surface area contributed by atoms with E-state index in [1.165, 1.54) is 16.3 Å². The molecule has 0 spiro atoms. The summed E-state index contributed by atoms with van der Waals surface area (Å²) in [7, 11) is 0. The summed E-state index contributed by atoms with van der Waals surface area (Å²) in [4.78, 5) is 12.6. The molecule has 1 amide bonds. The van der Waals surface area contributed by atoms with Gasteiger partial charge in [0.1, 0.15) is 0 Å². The molecule has 3 nitrogen and oxygen atoms in total. The normalized spacial score (nSPS) is 13.4. The number of rotatable bonds is 5. The van der Waals surface area contributed by atoms with Crippen molar-refractivity contribution in [1.82, 2.24) is 5.32 Å². The molecule has 0 saturated carbocycles. The van der Waals surface area contributed by atoms with E-state index < -0.39 is 0 Å².